The third kappa shape index (κ3) is 8.73. The summed E-state index contributed by atoms with van der Waals surface area (Å²) in [6, 6.07) is 20.2. The maximum atomic E-state index is 13.6. The van der Waals surface area contributed by atoms with Crippen LogP contribution in [0.5, 0.6) is 34.5 Å². The summed E-state index contributed by atoms with van der Waals surface area (Å²) in [4.78, 5) is 40.4. The van der Waals surface area contributed by atoms with Crippen molar-refractivity contribution in [1.29, 1.82) is 0 Å². The highest BCUT2D eigenvalue weighted by Crippen LogP contribution is 2.40. The summed E-state index contributed by atoms with van der Waals surface area (Å²) in [5.74, 6) is 8.39. The fraction of sp³-hybridized carbons (Fsp3) is 0.370. The summed E-state index contributed by atoms with van der Waals surface area (Å²) in [6.07, 6.45) is 9.60. The minimum Gasteiger partial charge on any atom is -0.493 e. The van der Waals surface area contributed by atoms with Gasteiger partial charge in [-0.25, -0.2) is 0 Å². The molecule has 4 aliphatic heterocycles. The van der Waals surface area contributed by atoms with Gasteiger partial charge in [0.05, 0.1) is 54.5 Å². The second-order valence-electron chi connectivity index (χ2n) is 15.2. The van der Waals surface area contributed by atoms with Gasteiger partial charge in [0.2, 0.25) is 0 Å². The van der Waals surface area contributed by atoms with E-state index in [2.05, 4.69) is 5.10 Å². The number of hydrogen-bond acceptors (Lipinski definition) is 12. The lowest BCUT2D eigenvalue weighted by Crippen LogP contribution is -2.43. The van der Waals surface area contributed by atoms with Crippen LogP contribution < -0.4 is 34.3 Å². The van der Waals surface area contributed by atoms with Gasteiger partial charge in [0.25, 0.3) is 11.8 Å². The van der Waals surface area contributed by atoms with Crippen LogP contribution in [0, 0.1) is 0 Å². The minimum atomic E-state index is -0.0519. The van der Waals surface area contributed by atoms with Crippen LogP contribution in [-0.4, -0.2) is 92.4 Å². The predicted molar refractivity (Wildman–Crippen MR) is 229 cm³/mol. The topological polar surface area (TPSA) is 159 Å². The minimum absolute atomic E-state index is 0.0211. The van der Waals surface area contributed by atoms with Gasteiger partial charge < -0.3 is 44.1 Å². The first-order chi connectivity index (χ1) is 29.3. The van der Waals surface area contributed by atoms with Gasteiger partial charge in [-0.2, -0.15) is 5.10 Å². The van der Waals surface area contributed by atoms with Gasteiger partial charge in [0.1, 0.15) is 37.9 Å². The van der Waals surface area contributed by atoms with E-state index in [9.17, 15) is 9.59 Å². The zero-order valence-corrected chi connectivity index (χ0v) is 34.2. The van der Waals surface area contributed by atoms with Crippen LogP contribution >= 0.6 is 0 Å². The Balaban J connectivity index is 1.02. The van der Waals surface area contributed by atoms with Crippen LogP contribution in [0.3, 0.4) is 0 Å². The quantitative estimate of drug-likeness (QED) is 0.0592. The molecule has 4 aliphatic rings. The van der Waals surface area contributed by atoms with Crippen LogP contribution in [0.1, 0.15) is 82.9 Å². The summed E-state index contributed by atoms with van der Waals surface area (Å²) in [6.45, 7) is 4.11. The normalized spacial score (nSPS) is 18.4. The standard InChI is InChI=1S/C46H50N6O8/c1-29(50-47)32-10-12-35(13-11-32)57-16-17-58-36-19-30(27-59-43-23-39-37(21-41(43)55-2)45(53)51-14-6-4-8-33(51)25-48-39)18-31(20-36)28-60-44-24-40-38(22-42(44)56-3)46(54)52-15-7-5-9-34(52)26-49-40/h10-13,18-26,33-34H,4-9,14-17,27-28,47H2,1-3H3/b50-29+/t33-,34-/m0/s1. The van der Waals surface area contributed by atoms with E-state index < -0.39 is 0 Å². The second kappa shape index (κ2) is 18.1. The lowest BCUT2D eigenvalue weighted by atomic mass is 10.0. The molecule has 0 spiro atoms. The Morgan fingerprint density at radius 3 is 1.63 bits per heavy atom. The van der Waals surface area contributed by atoms with Crippen LogP contribution in [0.25, 0.3) is 0 Å². The van der Waals surface area contributed by atoms with Crippen molar-refractivity contribution in [3.63, 3.8) is 0 Å². The van der Waals surface area contributed by atoms with E-state index in [1.807, 2.05) is 71.6 Å². The molecule has 14 nitrogen and oxygen atoms in total. The number of rotatable bonds is 14. The van der Waals surface area contributed by atoms with Gasteiger partial charge in [-0.05, 0) is 117 Å². The zero-order chi connectivity index (χ0) is 41.6. The lowest BCUT2D eigenvalue weighted by Gasteiger charge is -2.32. The molecule has 0 aliphatic carbocycles. The smallest absolute Gasteiger partial charge is 0.256 e. The number of benzene rings is 4. The molecule has 4 aromatic carbocycles. The number of nitrogens with two attached hydrogens (primary N) is 1. The van der Waals surface area contributed by atoms with Gasteiger partial charge in [0, 0.05) is 37.7 Å². The van der Waals surface area contributed by atoms with Crippen LogP contribution in [0.15, 0.2) is 81.8 Å². The third-order valence-corrected chi connectivity index (χ3v) is 11.3. The Morgan fingerprint density at radius 1 is 0.650 bits per heavy atom. The van der Waals surface area contributed by atoms with Gasteiger partial charge >= 0.3 is 0 Å². The average Bonchev–Trinajstić information content (AvgIpc) is 3.51. The SMILES string of the molecule is COc1cc2c(cc1OCc1cc(COc3cc4c(cc3OC)C(=O)N3CCCC[C@H]3C=N4)cc(OCCOc3ccc(/C(C)=N/N)cc3)c1)N=C[C@@H]1CCCCN1C2=O. The maximum absolute atomic E-state index is 13.6. The van der Waals surface area contributed by atoms with Crippen LogP contribution in [0.4, 0.5) is 11.4 Å². The highest BCUT2D eigenvalue weighted by atomic mass is 16.5. The van der Waals surface area contributed by atoms with E-state index in [-0.39, 0.29) is 43.7 Å². The van der Waals surface area contributed by atoms with Crippen molar-refractivity contribution >= 4 is 41.3 Å². The van der Waals surface area contributed by atoms with E-state index in [1.165, 1.54) is 0 Å². The molecular weight excluding hydrogens is 765 g/mol. The predicted octanol–water partition coefficient (Wildman–Crippen LogP) is 7.42. The highest BCUT2D eigenvalue weighted by Gasteiger charge is 2.32. The van der Waals surface area contributed by atoms with E-state index >= 15 is 0 Å². The summed E-state index contributed by atoms with van der Waals surface area (Å²) < 4.78 is 36.4. The first kappa shape index (κ1) is 40.2. The van der Waals surface area contributed by atoms with Crippen molar-refractivity contribution in [3.05, 3.63) is 94.5 Å². The summed E-state index contributed by atoms with van der Waals surface area (Å²) in [5, 5.41) is 3.75. The van der Waals surface area contributed by atoms with Gasteiger partial charge in [0.15, 0.2) is 23.0 Å². The zero-order valence-electron chi connectivity index (χ0n) is 34.2. The summed E-state index contributed by atoms with van der Waals surface area (Å²) in [7, 11) is 3.11. The molecule has 312 valence electrons. The number of amides is 2. The fourth-order valence-electron chi connectivity index (χ4n) is 8.06. The first-order valence-electron chi connectivity index (χ1n) is 20.4. The number of carbonyl (C=O) groups excluding carboxylic acids is 2. The molecule has 4 aromatic rings. The molecule has 0 unspecified atom stereocenters. The summed E-state index contributed by atoms with van der Waals surface area (Å²) >= 11 is 0. The molecular formula is C46H50N6O8. The van der Waals surface area contributed by atoms with Crippen molar-refractivity contribution in [2.45, 2.75) is 70.7 Å². The number of hydrazone groups is 1. The third-order valence-electron chi connectivity index (χ3n) is 11.3. The Bertz CT molecular complexity index is 2200. The molecule has 2 N–H and O–H groups in total. The lowest BCUT2D eigenvalue weighted by molar-refractivity contribution is 0.0680. The highest BCUT2D eigenvalue weighted by molar-refractivity contribution is 6.04. The largest absolute Gasteiger partial charge is 0.493 e. The number of piperidine rings is 2. The molecule has 0 saturated carbocycles. The molecule has 0 bridgehead atoms. The molecule has 14 heteroatoms. The molecule has 4 heterocycles. The number of hydrogen-bond donors (Lipinski definition) is 1. The van der Waals surface area contributed by atoms with Crippen LogP contribution in [0.2, 0.25) is 0 Å². The Morgan fingerprint density at radius 2 is 1.15 bits per heavy atom. The molecule has 8 rings (SSSR count). The molecule has 60 heavy (non-hydrogen) atoms. The van der Waals surface area contributed by atoms with Crippen molar-refractivity contribution in [1.82, 2.24) is 9.80 Å². The monoisotopic (exact) mass is 814 g/mol. The molecule has 0 aromatic heterocycles. The number of methoxy groups -OCH3 is 2. The van der Waals surface area contributed by atoms with E-state index in [1.54, 1.807) is 38.5 Å². The fourth-order valence-corrected chi connectivity index (χ4v) is 8.06. The van der Waals surface area contributed by atoms with Crippen molar-refractivity contribution in [2.24, 2.45) is 20.9 Å². The Labute approximate surface area is 349 Å². The number of carbonyl (C=O) groups is 2. The van der Waals surface area contributed by atoms with Gasteiger partial charge in [-0.1, -0.05) is 0 Å². The number of fused-ring (bicyclic) bond motifs is 4. The van der Waals surface area contributed by atoms with Gasteiger partial charge in [-0.3, -0.25) is 19.6 Å². The van der Waals surface area contributed by atoms with Crippen molar-refractivity contribution < 1.29 is 38.0 Å². The van der Waals surface area contributed by atoms with E-state index in [0.717, 1.165) is 60.9 Å². The number of ether oxygens (including phenoxy) is 6. The number of aliphatic imine (C=N–C) groups is 2. The molecule has 0 radical (unpaired) electrons. The number of nitrogens with zero attached hydrogens (tertiary/aromatic N) is 5. The maximum Gasteiger partial charge on any atom is 0.256 e. The molecule has 2 atom stereocenters. The first-order valence-corrected chi connectivity index (χ1v) is 20.4. The Kier molecular flexibility index (Phi) is 12.2. The Hall–Kier alpha value is -6.57. The average molecular weight is 815 g/mol. The van der Waals surface area contributed by atoms with E-state index in [4.69, 9.17) is 44.2 Å². The van der Waals surface area contributed by atoms with Crippen molar-refractivity contribution in [3.8, 4) is 34.5 Å². The van der Waals surface area contributed by atoms with Crippen LogP contribution in [-0.2, 0) is 13.2 Å². The van der Waals surface area contributed by atoms with E-state index in [0.29, 0.717) is 76.7 Å². The van der Waals surface area contributed by atoms with Crippen molar-refractivity contribution in [2.75, 3.05) is 40.5 Å². The molecule has 2 saturated heterocycles. The second-order valence-corrected chi connectivity index (χ2v) is 15.2. The van der Waals surface area contributed by atoms with Gasteiger partial charge in [-0.15, -0.1) is 0 Å². The molecule has 2 fully saturated rings. The summed E-state index contributed by atoms with van der Waals surface area (Å²) in [5.41, 5.74) is 5.32. The molecule has 2 amide bonds.